The molecule has 0 fully saturated rings. The molecule has 0 spiro atoms. The van der Waals surface area contributed by atoms with Gasteiger partial charge in [0.15, 0.2) is 0 Å². The Hall–Kier alpha value is -1.73. The first-order chi connectivity index (χ1) is 12.0. The minimum Gasteiger partial charge on any atom is -0.305 e. The van der Waals surface area contributed by atoms with Gasteiger partial charge in [0.1, 0.15) is 12.5 Å². The maximum absolute atomic E-state index is 13.4. The number of rotatable bonds is 6. The second-order valence-electron chi connectivity index (χ2n) is 6.39. The quantitative estimate of drug-likeness (QED) is 0.662. The van der Waals surface area contributed by atoms with Gasteiger partial charge in [0.25, 0.3) is 0 Å². The lowest BCUT2D eigenvalue weighted by Gasteiger charge is -2.27. The molecule has 0 saturated carbocycles. The molecule has 0 radical (unpaired) electrons. The van der Waals surface area contributed by atoms with Gasteiger partial charge in [-0.1, -0.05) is 11.6 Å². The van der Waals surface area contributed by atoms with Crippen molar-refractivity contribution in [1.82, 2.24) is 10.3 Å². The summed E-state index contributed by atoms with van der Waals surface area (Å²) in [5, 5.41) is 2.79. The molecule has 0 aliphatic carbocycles. The van der Waals surface area contributed by atoms with Crippen LogP contribution in [-0.2, 0) is 12.0 Å². The van der Waals surface area contributed by atoms with Crippen molar-refractivity contribution in [3.63, 3.8) is 0 Å². The average molecular weight is 393 g/mol. The normalized spacial score (nSPS) is 12.5. The lowest BCUT2D eigenvalue weighted by atomic mass is 9.92. The Morgan fingerprint density at radius 1 is 1.12 bits per heavy atom. The summed E-state index contributed by atoms with van der Waals surface area (Å²) in [6, 6.07) is 6.76. The molecule has 0 amide bonds. The smallest absolute Gasteiger partial charge is 0.305 e. The highest BCUT2D eigenvalue weighted by Crippen LogP contribution is 2.30. The lowest BCUT2D eigenvalue weighted by Crippen LogP contribution is -2.38. The van der Waals surface area contributed by atoms with Crippen molar-refractivity contribution in [2.24, 2.45) is 0 Å². The SMILES string of the molecule is CC(C)(NCCF)c1cc(CC(F)(F)F)nc(-c2ccc(F)c(Cl)c2)c1. The molecule has 0 aliphatic heterocycles. The Labute approximate surface area is 153 Å². The third kappa shape index (κ3) is 5.38. The first-order valence-corrected chi connectivity index (χ1v) is 8.24. The predicted octanol–water partition coefficient (Wildman–Crippen LogP) is 5.44. The van der Waals surface area contributed by atoms with Crippen LogP contribution in [0.25, 0.3) is 11.3 Å². The molecule has 2 rings (SSSR count). The van der Waals surface area contributed by atoms with Gasteiger partial charge in [-0.2, -0.15) is 13.2 Å². The summed E-state index contributed by atoms with van der Waals surface area (Å²) < 4.78 is 64.4. The van der Waals surface area contributed by atoms with Crippen LogP contribution in [-0.4, -0.2) is 24.4 Å². The van der Waals surface area contributed by atoms with E-state index in [0.717, 1.165) is 6.07 Å². The Kier molecular flexibility index (Phi) is 6.24. The predicted molar refractivity (Wildman–Crippen MR) is 91.4 cm³/mol. The van der Waals surface area contributed by atoms with E-state index < -0.39 is 30.6 Å². The molecule has 0 unspecified atom stereocenters. The number of nitrogens with one attached hydrogen (secondary N) is 1. The van der Waals surface area contributed by atoms with Gasteiger partial charge < -0.3 is 5.32 Å². The van der Waals surface area contributed by atoms with Crippen LogP contribution in [0.2, 0.25) is 5.02 Å². The summed E-state index contributed by atoms with van der Waals surface area (Å²) >= 11 is 5.77. The average Bonchev–Trinajstić information content (AvgIpc) is 2.53. The fourth-order valence-electron chi connectivity index (χ4n) is 2.51. The van der Waals surface area contributed by atoms with Gasteiger partial charge in [-0.05, 0) is 49.7 Å². The molecule has 2 aromatic rings. The van der Waals surface area contributed by atoms with Gasteiger partial charge in [0, 0.05) is 17.6 Å². The molecule has 8 heteroatoms. The lowest BCUT2D eigenvalue weighted by molar-refractivity contribution is -0.127. The molecule has 1 N–H and O–H groups in total. The summed E-state index contributed by atoms with van der Waals surface area (Å²) in [6.45, 7) is 2.92. The molecular weight excluding hydrogens is 375 g/mol. The number of aromatic nitrogens is 1. The topological polar surface area (TPSA) is 24.9 Å². The summed E-state index contributed by atoms with van der Waals surface area (Å²) in [5.41, 5.74) is 0.173. The molecule has 1 heterocycles. The van der Waals surface area contributed by atoms with E-state index in [1.165, 1.54) is 18.2 Å². The van der Waals surface area contributed by atoms with Crippen LogP contribution >= 0.6 is 11.6 Å². The van der Waals surface area contributed by atoms with Gasteiger partial charge in [-0.3, -0.25) is 4.98 Å². The van der Waals surface area contributed by atoms with Gasteiger partial charge in [0.2, 0.25) is 0 Å². The van der Waals surface area contributed by atoms with Gasteiger partial charge in [-0.25, -0.2) is 8.78 Å². The maximum Gasteiger partial charge on any atom is 0.394 e. The van der Waals surface area contributed by atoms with Gasteiger partial charge in [-0.15, -0.1) is 0 Å². The van der Waals surface area contributed by atoms with E-state index in [1.54, 1.807) is 19.9 Å². The molecule has 26 heavy (non-hydrogen) atoms. The maximum atomic E-state index is 13.4. The highest BCUT2D eigenvalue weighted by atomic mass is 35.5. The van der Waals surface area contributed by atoms with E-state index in [-0.39, 0.29) is 23.0 Å². The molecule has 1 aromatic carbocycles. The van der Waals surface area contributed by atoms with E-state index in [4.69, 9.17) is 11.6 Å². The molecule has 0 atom stereocenters. The number of pyridine rings is 1. The number of hydrogen-bond donors (Lipinski definition) is 1. The van der Waals surface area contributed by atoms with Gasteiger partial charge in [0.05, 0.1) is 22.8 Å². The van der Waals surface area contributed by atoms with E-state index in [2.05, 4.69) is 10.3 Å². The molecule has 2 nitrogen and oxygen atoms in total. The summed E-state index contributed by atoms with van der Waals surface area (Å²) in [4.78, 5) is 4.05. The van der Waals surface area contributed by atoms with Crippen LogP contribution in [0.15, 0.2) is 30.3 Å². The third-order valence-electron chi connectivity index (χ3n) is 3.86. The van der Waals surface area contributed by atoms with Crippen LogP contribution in [0.1, 0.15) is 25.1 Å². The first kappa shape index (κ1) is 20.6. The summed E-state index contributed by atoms with van der Waals surface area (Å²) in [5.74, 6) is -0.632. The minimum absolute atomic E-state index is 0.0572. The Morgan fingerprint density at radius 2 is 1.81 bits per heavy atom. The second-order valence-corrected chi connectivity index (χ2v) is 6.80. The van der Waals surface area contributed by atoms with Crippen molar-refractivity contribution in [3.8, 4) is 11.3 Å². The van der Waals surface area contributed by atoms with E-state index in [9.17, 15) is 22.0 Å². The van der Waals surface area contributed by atoms with E-state index in [1.807, 2.05) is 0 Å². The van der Waals surface area contributed by atoms with E-state index in [0.29, 0.717) is 11.1 Å². The summed E-state index contributed by atoms with van der Waals surface area (Å²) in [6.07, 6.45) is -5.64. The summed E-state index contributed by atoms with van der Waals surface area (Å²) in [7, 11) is 0. The zero-order valence-corrected chi connectivity index (χ0v) is 15.0. The second kappa shape index (κ2) is 7.88. The standard InChI is InChI=1S/C18H18ClF5N2/c1-17(2,25-6-5-20)12-8-13(10-18(22,23)24)26-16(9-12)11-3-4-15(21)14(19)7-11/h3-4,7-9,25H,5-6,10H2,1-2H3. The fraction of sp³-hybridized carbons (Fsp3) is 0.389. The molecule has 1 aromatic heterocycles. The minimum atomic E-state index is -4.43. The molecular formula is C18H18ClF5N2. The van der Waals surface area contributed by atoms with Crippen molar-refractivity contribution in [3.05, 3.63) is 52.4 Å². The number of hydrogen-bond acceptors (Lipinski definition) is 2. The number of nitrogens with zero attached hydrogens (tertiary/aromatic N) is 1. The fourth-order valence-corrected chi connectivity index (χ4v) is 2.69. The van der Waals surface area contributed by atoms with Crippen molar-refractivity contribution in [2.75, 3.05) is 13.2 Å². The molecule has 0 aliphatic rings. The molecule has 0 bridgehead atoms. The largest absolute Gasteiger partial charge is 0.394 e. The Bertz CT molecular complexity index is 775. The molecule has 0 saturated heterocycles. The Morgan fingerprint density at radius 3 is 2.38 bits per heavy atom. The van der Waals surface area contributed by atoms with Crippen LogP contribution in [0.3, 0.4) is 0 Å². The monoisotopic (exact) mass is 392 g/mol. The highest BCUT2D eigenvalue weighted by Gasteiger charge is 2.30. The van der Waals surface area contributed by atoms with Crippen LogP contribution in [0.5, 0.6) is 0 Å². The van der Waals surface area contributed by atoms with Crippen molar-refractivity contribution in [2.45, 2.75) is 32.0 Å². The zero-order valence-electron chi connectivity index (χ0n) is 14.2. The van der Waals surface area contributed by atoms with Gasteiger partial charge >= 0.3 is 6.18 Å². The van der Waals surface area contributed by atoms with Crippen LogP contribution < -0.4 is 5.32 Å². The third-order valence-corrected chi connectivity index (χ3v) is 4.15. The van der Waals surface area contributed by atoms with E-state index >= 15 is 0 Å². The van der Waals surface area contributed by atoms with Crippen molar-refractivity contribution < 1.29 is 22.0 Å². The highest BCUT2D eigenvalue weighted by molar-refractivity contribution is 6.31. The van der Waals surface area contributed by atoms with Crippen molar-refractivity contribution in [1.29, 1.82) is 0 Å². The van der Waals surface area contributed by atoms with Crippen LogP contribution in [0, 0.1) is 5.82 Å². The number of alkyl halides is 4. The number of benzene rings is 1. The Balaban J connectivity index is 2.54. The zero-order chi connectivity index (χ0) is 19.5. The van der Waals surface area contributed by atoms with Crippen molar-refractivity contribution >= 4 is 11.6 Å². The first-order valence-electron chi connectivity index (χ1n) is 7.86. The number of halogens is 6. The molecule has 142 valence electrons. The van der Waals surface area contributed by atoms with Crippen LogP contribution in [0.4, 0.5) is 22.0 Å².